The molecule has 0 aliphatic carbocycles. The van der Waals surface area contributed by atoms with Crippen molar-refractivity contribution < 1.29 is 14.7 Å². The number of carbonyl (C=O) groups excluding carboxylic acids is 1. The van der Waals surface area contributed by atoms with Crippen LogP contribution in [0.4, 0.5) is 0 Å². The van der Waals surface area contributed by atoms with Crippen molar-refractivity contribution in [2.45, 2.75) is 6.92 Å². The summed E-state index contributed by atoms with van der Waals surface area (Å²) in [7, 11) is 0. The van der Waals surface area contributed by atoms with Crippen LogP contribution in [-0.4, -0.2) is 16.9 Å². The Hall–Kier alpha value is -1.68. The highest BCUT2D eigenvalue weighted by Crippen LogP contribution is 2.26. The maximum Gasteiger partial charge on any atom is 0.345 e. The lowest BCUT2D eigenvalue weighted by Gasteiger charge is -1.94. The van der Waals surface area contributed by atoms with E-state index in [9.17, 15) is 9.59 Å². The molecule has 0 radical (unpaired) electrons. The molecule has 0 aliphatic heterocycles. The van der Waals surface area contributed by atoms with E-state index in [4.69, 9.17) is 5.11 Å². The van der Waals surface area contributed by atoms with Crippen LogP contribution in [0.3, 0.4) is 0 Å². The number of ketones is 1. The van der Waals surface area contributed by atoms with Gasteiger partial charge in [-0.25, -0.2) is 4.79 Å². The second-order valence-electron chi connectivity index (χ2n) is 3.22. The van der Waals surface area contributed by atoms with E-state index in [0.717, 1.165) is 10.1 Å². The van der Waals surface area contributed by atoms with Crippen molar-refractivity contribution in [3.8, 4) is 0 Å². The van der Waals surface area contributed by atoms with Crippen LogP contribution in [0.5, 0.6) is 0 Å². The van der Waals surface area contributed by atoms with E-state index >= 15 is 0 Å². The third kappa shape index (κ3) is 1.76. The van der Waals surface area contributed by atoms with Gasteiger partial charge in [0.15, 0.2) is 5.78 Å². The van der Waals surface area contributed by atoms with Crippen LogP contribution in [-0.2, 0) is 0 Å². The number of hydrogen-bond donors (Lipinski definition) is 1. The lowest BCUT2D eigenvalue weighted by atomic mass is 10.1. The Morgan fingerprint density at radius 3 is 2.60 bits per heavy atom. The normalized spacial score (nSPS) is 10.5. The molecule has 2 aromatic rings. The number of carboxylic acids is 1. The zero-order chi connectivity index (χ0) is 11.0. The summed E-state index contributed by atoms with van der Waals surface area (Å²) in [4.78, 5) is 22.1. The molecule has 15 heavy (non-hydrogen) atoms. The Labute approximate surface area is 90.0 Å². The molecule has 1 N–H and O–H groups in total. The quantitative estimate of drug-likeness (QED) is 0.792. The maximum absolute atomic E-state index is 11.1. The van der Waals surface area contributed by atoms with Crippen molar-refractivity contribution in [3.63, 3.8) is 0 Å². The highest BCUT2D eigenvalue weighted by molar-refractivity contribution is 7.20. The van der Waals surface area contributed by atoms with Crippen LogP contribution in [0.25, 0.3) is 10.1 Å². The van der Waals surface area contributed by atoms with E-state index in [-0.39, 0.29) is 5.78 Å². The summed E-state index contributed by atoms with van der Waals surface area (Å²) >= 11 is 1.21. The van der Waals surface area contributed by atoms with Gasteiger partial charge >= 0.3 is 5.97 Å². The summed E-state index contributed by atoms with van der Waals surface area (Å²) in [6.45, 7) is 1.49. The molecule has 0 amide bonds. The third-order valence-electron chi connectivity index (χ3n) is 2.13. The fraction of sp³-hybridized carbons (Fsp3) is 0.0909. The fourth-order valence-electron chi connectivity index (χ4n) is 1.37. The van der Waals surface area contributed by atoms with Gasteiger partial charge in [0.05, 0.1) is 0 Å². The zero-order valence-corrected chi connectivity index (χ0v) is 8.80. The number of thiophene rings is 1. The molecule has 1 aromatic heterocycles. The van der Waals surface area contributed by atoms with E-state index in [2.05, 4.69) is 0 Å². The second kappa shape index (κ2) is 3.47. The molecule has 0 unspecified atom stereocenters. The Morgan fingerprint density at radius 2 is 2.00 bits per heavy atom. The number of carbonyl (C=O) groups is 2. The molecule has 0 atom stereocenters. The van der Waals surface area contributed by atoms with Crippen LogP contribution in [0.15, 0.2) is 24.3 Å². The summed E-state index contributed by atoms with van der Waals surface area (Å²) in [5.41, 5.74) is 0.609. The maximum atomic E-state index is 11.1. The molecule has 3 nitrogen and oxygen atoms in total. The van der Waals surface area contributed by atoms with Crippen LogP contribution >= 0.6 is 11.3 Å². The lowest BCUT2D eigenvalue weighted by molar-refractivity contribution is 0.0702. The van der Waals surface area contributed by atoms with Crippen LogP contribution < -0.4 is 0 Å². The second-order valence-corrected chi connectivity index (χ2v) is 4.31. The Bertz CT molecular complexity index is 542. The monoisotopic (exact) mass is 220 g/mol. The van der Waals surface area contributed by atoms with Crippen molar-refractivity contribution in [3.05, 3.63) is 34.7 Å². The van der Waals surface area contributed by atoms with Gasteiger partial charge < -0.3 is 5.11 Å². The van der Waals surface area contributed by atoms with Crippen LogP contribution in [0.2, 0.25) is 0 Å². The van der Waals surface area contributed by atoms with Gasteiger partial charge in [-0.3, -0.25) is 4.79 Å². The van der Waals surface area contributed by atoms with Crippen molar-refractivity contribution in [2.75, 3.05) is 0 Å². The molecule has 1 aromatic carbocycles. The SMILES string of the molecule is CC(=O)c1ccc2sc(C(=O)O)cc2c1. The summed E-state index contributed by atoms with van der Waals surface area (Å²) in [5, 5.41) is 9.62. The molecular weight excluding hydrogens is 212 g/mol. The number of hydrogen-bond acceptors (Lipinski definition) is 3. The minimum Gasteiger partial charge on any atom is -0.477 e. The van der Waals surface area contributed by atoms with Crippen molar-refractivity contribution >= 4 is 33.2 Å². The number of benzene rings is 1. The Morgan fingerprint density at radius 1 is 1.27 bits per heavy atom. The summed E-state index contributed by atoms with van der Waals surface area (Å²) in [6.07, 6.45) is 0. The standard InChI is InChI=1S/C11H8O3S/c1-6(12)7-2-3-9-8(4-7)5-10(15-9)11(13)14/h2-5H,1H3,(H,13,14). The summed E-state index contributed by atoms with van der Waals surface area (Å²) in [5.74, 6) is -0.944. The first-order valence-corrected chi connectivity index (χ1v) is 5.17. The average molecular weight is 220 g/mol. The number of Topliss-reactive ketones (excluding diaryl/α,β-unsaturated/α-hetero) is 1. The van der Waals surface area contributed by atoms with Gasteiger partial charge in [-0.05, 0) is 36.6 Å². The molecule has 0 spiro atoms. The van der Waals surface area contributed by atoms with Crippen LogP contribution in [0, 0.1) is 0 Å². The largest absolute Gasteiger partial charge is 0.477 e. The molecule has 0 fully saturated rings. The Kier molecular flexibility index (Phi) is 2.28. The fourth-order valence-corrected chi connectivity index (χ4v) is 2.25. The van der Waals surface area contributed by atoms with Crippen molar-refractivity contribution in [1.82, 2.24) is 0 Å². The van der Waals surface area contributed by atoms with Gasteiger partial charge in [-0.15, -0.1) is 11.3 Å². The van der Waals surface area contributed by atoms with Gasteiger partial charge in [-0.2, -0.15) is 0 Å². The lowest BCUT2D eigenvalue weighted by Crippen LogP contribution is -1.90. The Balaban J connectivity index is 2.62. The molecule has 1 heterocycles. The number of aromatic carboxylic acids is 1. The van der Waals surface area contributed by atoms with E-state index in [1.165, 1.54) is 18.3 Å². The van der Waals surface area contributed by atoms with Crippen molar-refractivity contribution in [1.29, 1.82) is 0 Å². The minimum absolute atomic E-state index is 0.0139. The first-order chi connectivity index (χ1) is 7.08. The zero-order valence-electron chi connectivity index (χ0n) is 7.98. The molecule has 0 saturated carbocycles. The van der Waals surface area contributed by atoms with E-state index in [1.807, 2.05) is 0 Å². The highest BCUT2D eigenvalue weighted by Gasteiger charge is 2.09. The van der Waals surface area contributed by atoms with E-state index in [1.54, 1.807) is 24.3 Å². The molecule has 0 aliphatic rings. The first kappa shape index (κ1) is 9.86. The third-order valence-corrected chi connectivity index (χ3v) is 3.24. The van der Waals surface area contributed by atoms with Gasteiger partial charge in [0.25, 0.3) is 0 Å². The summed E-state index contributed by atoms with van der Waals surface area (Å²) in [6, 6.07) is 6.81. The number of fused-ring (bicyclic) bond motifs is 1. The average Bonchev–Trinajstić information content (AvgIpc) is 2.59. The molecular formula is C11H8O3S. The predicted octanol–water partition coefficient (Wildman–Crippen LogP) is 2.80. The molecule has 76 valence electrons. The van der Waals surface area contributed by atoms with Gasteiger partial charge in [-0.1, -0.05) is 0 Å². The van der Waals surface area contributed by atoms with Gasteiger partial charge in [0, 0.05) is 10.3 Å². The molecule has 2 rings (SSSR count). The van der Waals surface area contributed by atoms with E-state index < -0.39 is 5.97 Å². The van der Waals surface area contributed by atoms with E-state index in [0.29, 0.717) is 10.4 Å². The predicted molar refractivity (Wildman–Crippen MR) is 58.8 cm³/mol. The van der Waals surface area contributed by atoms with Crippen LogP contribution in [0.1, 0.15) is 27.0 Å². The van der Waals surface area contributed by atoms with Gasteiger partial charge in [0.2, 0.25) is 0 Å². The topological polar surface area (TPSA) is 54.4 Å². The smallest absolute Gasteiger partial charge is 0.345 e. The van der Waals surface area contributed by atoms with Gasteiger partial charge in [0.1, 0.15) is 4.88 Å². The first-order valence-electron chi connectivity index (χ1n) is 4.36. The minimum atomic E-state index is -0.930. The number of carboxylic acid groups (broad SMARTS) is 1. The van der Waals surface area contributed by atoms with Crippen molar-refractivity contribution in [2.24, 2.45) is 0 Å². The molecule has 0 bridgehead atoms. The highest BCUT2D eigenvalue weighted by atomic mass is 32.1. The summed E-state index contributed by atoms with van der Waals surface area (Å²) < 4.78 is 0.886. The molecule has 0 saturated heterocycles. The molecule has 4 heteroatoms. The number of rotatable bonds is 2.